The van der Waals surface area contributed by atoms with Gasteiger partial charge in [0.25, 0.3) is 0 Å². The van der Waals surface area contributed by atoms with Crippen molar-refractivity contribution in [1.82, 2.24) is 5.32 Å². The van der Waals surface area contributed by atoms with Gasteiger partial charge < -0.3 is 10.6 Å². The summed E-state index contributed by atoms with van der Waals surface area (Å²) in [7, 11) is 0. The van der Waals surface area contributed by atoms with Crippen LogP contribution in [0.25, 0.3) is 0 Å². The van der Waals surface area contributed by atoms with Crippen LogP contribution >= 0.6 is 11.6 Å². The SMILES string of the molecule is O=C(NCc1ccccc1)C1(C(=O)Nc2ccc(Cl)cc2)CC1. The van der Waals surface area contributed by atoms with E-state index in [9.17, 15) is 9.59 Å². The van der Waals surface area contributed by atoms with E-state index in [0.717, 1.165) is 5.56 Å². The molecule has 0 atom stereocenters. The van der Waals surface area contributed by atoms with Crippen molar-refractivity contribution < 1.29 is 9.59 Å². The van der Waals surface area contributed by atoms with E-state index in [1.165, 1.54) is 0 Å². The lowest BCUT2D eigenvalue weighted by Crippen LogP contribution is -2.39. The van der Waals surface area contributed by atoms with Gasteiger partial charge in [-0.05, 0) is 42.7 Å². The second kappa shape index (κ2) is 6.42. The zero-order valence-corrected chi connectivity index (χ0v) is 13.3. The van der Waals surface area contributed by atoms with Gasteiger partial charge in [-0.1, -0.05) is 41.9 Å². The summed E-state index contributed by atoms with van der Waals surface area (Å²) in [6, 6.07) is 16.5. The lowest BCUT2D eigenvalue weighted by Gasteiger charge is -2.15. The molecule has 0 spiro atoms. The Morgan fingerprint density at radius 1 is 0.957 bits per heavy atom. The van der Waals surface area contributed by atoms with Gasteiger partial charge in [0.15, 0.2) is 0 Å². The van der Waals surface area contributed by atoms with Gasteiger partial charge in [0, 0.05) is 17.3 Å². The quantitative estimate of drug-likeness (QED) is 0.827. The minimum atomic E-state index is -0.936. The Hall–Kier alpha value is -2.33. The van der Waals surface area contributed by atoms with Crippen molar-refractivity contribution in [3.63, 3.8) is 0 Å². The smallest absolute Gasteiger partial charge is 0.240 e. The van der Waals surface area contributed by atoms with Crippen molar-refractivity contribution in [2.24, 2.45) is 5.41 Å². The van der Waals surface area contributed by atoms with Gasteiger partial charge >= 0.3 is 0 Å². The molecule has 0 saturated heterocycles. The first-order chi connectivity index (χ1) is 11.1. The molecule has 0 aromatic heterocycles. The lowest BCUT2D eigenvalue weighted by atomic mass is 10.0. The molecule has 118 valence electrons. The summed E-state index contributed by atoms with van der Waals surface area (Å²) in [6.07, 6.45) is 1.15. The Kier molecular flexibility index (Phi) is 4.35. The third-order valence-corrected chi connectivity index (χ3v) is 4.27. The number of carbonyl (C=O) groups is 2. The van der Waals surface area contributed by atoms with Crippen LogP contribution in [0.4, 0.5) is 5.69 Å². The largest absolute Gasteiger partial charge is 0.351 e. The zero-order chi connectivity index (χ0) is 16.3. The van der Waals surface area contributed by atoms with Crippen LogP contribution in [0.3, 0.4) is 0 Å². The van der Waals surface area contributed by atoms with E-state index >= 15 is 0 Å². The first-order valence-electron chi connectivity index (χ1n) is 7.49. The predicted molar refractivity (Wildman–Crippen MR) is 90.0 cm³/mol. The number of hydrogen-bond acceptors (Lipinski definition) is 2. The molecule has 1 fully saturated rings. The lowest BCUT2D eigenvalue weighted by molar-refractivity contribution is -0.134. The normalized spacial score (nSPS) is 14.8. The highest BCUT2D eigenvalue weighted by atomic mass is 35.5. The third-order valence-electron chi connectivity index (χ3n) is 4.02. The Bertz CT molecular complexity index is 710. The number of halogens is 1. The van der Waals surface area contributed by atoms with Gasteiger partial charge in [-0.2, -0.15) is 0 Å². The maximum atomic E-state index is 12.4. The van der Waals surface area contributed by atoms with Gasteiger partial charge in [0.2, 0.25) is 11.8 Å². The molecule has 0 aliphatic heterocycles. The van der Waals surface area contributed by atoms with Gasteiger partial charge in [0.05, 0.1) is 0 Å². The van der Waals surface area contributed by atoms with Crippen molar-refractivity contribution >= 4 is 29.1 Å². The summed E-state index contributed by atoms with van der Waals surface area (Å²) in [5.41, 5.74) is 0.713. The summed E-state index contributed by atoms with van der Waals surface area (Å²) in [6.45, 7) is 0.426. The van der Waals surface area contributed by atoms with Gasteiger partial charge in [0.1, 0.15) is 5.41 Å². The molecular weight excluding hydrogens is 312 g/mol. The fraction of sp³-hybridized carbons (Fsp3) is 0.222. The number of nitrogens with one attached hydrogen (secondary N) is 2. The van der Waals surface area contributed by atoms with Crippen LogP contribution in [0.15, 0.2) is 54.6 Å². The molecule has 0 unspecified atom stereocenters. The molecule has 0 bridgehead atoms. The van der Waals surface area contributed by atoms with Crippen molar-refractivity contribution in [1.29, 1.82) is 0 Å². The average molecular weight is 329 g/mol. The monoisotopic (exact) mass is 328 g/mol. The van der Waals surface area contributed by atoms with Gasteiger partial charge in [-0.15, -0.1) is 0 Å². The fourth-order valence-electron chi connectivity index (χ4n) is 2.41. The molecule has 2 aromatic rings. The van der Waals surface area contributed by atoms with Crippen molar-refractivity contribution in [2.75, 3.05) is 5.32 Å². The Morgan fingerprint density at radius 3 is 2.22 bits per heavy atom. The highest BCUT2D eigenvalue weighted by Gasteiger charge is 2.56. The predicted octanol–water partition coefficient (Wildman–Crippen LogP) is 3.38. The molecular formula is C18H17ClN2O2. The van der Waals surface area contributed by atoms with E-state index in [2.05, 4.69) is 10.6 Å². The first kappa shape index (κ1) is 15.6. The van der Waals surface area contributed by atoms with E-state index in [0.29, 0.717) is 30.1 Å². The highest BCUT2D eigenvalue weighted by Crippen LogP contribution is 2.46. The second-order valence-electron chi connectivity index (χ2n) is 5.71. The first-order valence-corrected chi connectivity index (χ1v) is 7.87. The number of anilines is 1. The third kappa shape index (κ3) is 3.54. The van der Waals surface area contributed by atoms with Crippen LogP contribution in [-0.2, 0) is 16.1 Å². The Labute approximate surface area is 139 Å². The molecule has 2 aromatic carbocycles. The van der Waals surface area contributed by atoms with Crippen LogP contribution in [0.1, 0.15) is 18.4 Å². The van der Waals surface area contributed by atoms with Crippen LogP contribution in [-0.4, -0.2) is 11.8 Å². The van der Waals surface area contributed by atoms with Crippen molar-refractivity contribution in [2.45, 2.75) is 19.4 Å². The summed E-state index contributed by atoms with van der Waals surface area (Å²) in [5, 5.41) is 6.25. The Balaban J connectivity index is 1.60. The summed E-state index contributed by atoms with van der Waals surface area (Å²) in [5.74, 6) is -0.474. The summed E-state index contributed by atoms with van der Waals surface area (Å²) >= 11 is 5.82. The van der Waals surface area contributed by atoms with Crippen LogP contribution in [0.5, 0.6) is 0 Å². The standard InChI is InChI=1S/C18H17ClN2O2/c19-14-6-8-15(9-7-14)21-17(23)18(10-11-18)16(22)20-12-13-4-2-1-3-5-13/h1-9H,10-12H2,(H,20,22)(H,21,23). The minimum Gasteiger partial charge on any atom is -0.351 e. The number of benzene rings is 2. The van der Waals surface area contributed by atoms with E-state index in [1.807, 2.05) is 30.3 Å². The molecule has 2 N–H and O–H groups in total. The number of rotatable bonds is 5. The maximum absolute atomic E-state index is 12.4. The summed E-state index contributed by atoms with van der Waals surface area (Å²) in [4.78, 5) is 24.8. The fourth-order valence-corrected chi connectivity index (χ4v) is 2.54. The van der Waals surface area contributed by atoms with E-state index in [4.69, 9.17) is 11.6 Å². The zero-order valence-electron chi connectivity index (χ0n) is 12.5. The van der Waals surface area contributed by atoms with E-state index in [1.54, 1.807) is 24.3 Å². The van der Waals surface area contributed by atoms with E-state index in [-0.39, 0.29) is 11.8 Å². The van der Waals surface area contributed by atoms with Crippen LogP contribution in [0, 0.1) is 5.41 Å². The molecule has 23 heavy (non-hydrogen) atoms. The van der Waals surface area contributed by atoms with Crippen molar-refractivity contribution in [3.8, 4) is 0 Å². The topological polar surface area (TPSA) is 58.2 Å². The molecule has 0 heterocycles. The number of carbonyl (C=O) groups excluding carboxylic acids is 2. The number of amides is 2. The molecule has 0 radical (unpaired) electrons. The average Bonchev–Trinajstić information content (AvgIpc) is 3.38. The molecule has 4 nitrogen and oxygen atoms in total. The molecule has 1 aliphatic rings. The van der Waals surface area contributed by atoms with Crippen LogP contribution < -0.4 is 10.6 Å². The second-order valence-corrected chi connectivity index (χ2v) is 6.15. The summed E-state index contributed by atoms with van der Waals surface area (Å²) < 4.78 is 0. The number of hydrogen-bond donors (Lipinski definition) is 2. The highest BCUT2D eigenvalue weighted by molar-refractivity contribution is 6.30. The molecule has 5 heteroatoms. The maximum Gasteiger partial charge on any atom is 0.240 e. The van der Waals surface area contributed by atoms with Gasteiger partial charge in [-0.3, -0.25) is 9.59 Å². The van der Waals surface area contributed by atoms with Crippen molar-refractivity contribution in [3.05, 3.63) is 65.2 Å². The molecule has 3 rings (SSSR count). The van der Waals surface area contributed by atoms with Crippen LogP contribution in [0.2, 0.25) is 5.02 Å². The molecule has 2 amide bonds. The minimum absolute atomic E-state index is 0.215. The Morgan fingerprint density at radius 2 is 1.61 bits per heavy atom. The molecule has 1 aliphatic carbocycles. The van der Waals surface area contributed by atoms with E-state index < -0.39 is 5.41 Å². The molecule has 1 saturated carbocycles. The van der Waals surface area contributed by atoms with Gasteiger partial charge in [-0.25, -0.2) is 0 Å².